The Balaban J connectivity index is 3.43. The highest BCUT2D eigenvalue weighted by molar-refractivity contribution is 7.80. The lowest BCUT2D eigenvalue weighted by molar-refractivity contribution is 1.19. The maximum atomic E-state index is 4.16. The molecule has 0 aromatic heterocycles. The molecule has 0 fully saturated rings. The molecule has 0 aliphatic carbocycles. The first kappa shape index (κ1) is 18.0. The summed E-state index contributed by atoms with van der Waals surface area (Å²) in [6, 6.07) is 0. The van der Waals surface area contributed by atoms with Gasteiger partial charge in [-0.1, -0.05) is 67.7 Å². The van der Waals surface area contributed by atoms with E-state index in [1.165, 1.54) is 0 Å². The quantitative estimate of drug-likeness (QED) is 0.344. The Labute approximate surface area is 125 Å². The van der Waals surface area contributed by atoms with Gasteiger partial charge >= 0.3 is 0 Å². The SMILES string of the molecule is CCC=CCC=CCC=CCC=CCC=CCCS. The lowest BCUT2D eigenvalue weighted by Crippen LogP contribution is -1.66. The van der Waals surface area contributed by atoms with Crippen molar-refractivity contribution in [2.24, 2.45) is 0 Å². The van der Waals surface area contributed by atoms with E-state index in [1.807, 2.05) is 0 Å². The summed E-state index contributed by atoms with van der Waals surface area (Å²) < 4.78 is 0. The van der Waals surface area contributed by atoms with Gasteiger partial charge in [0.2, 0.25) is 0 Å². The molecule has 0 saturated heterocycles. The van der Waals surface area contributed by atoms with Crippen molar-refractivity contribution in [1.29, 1.82) is 0 Å². The summed E-state index contributed by atoms with van der Waals surface area (Å²) in [6.45, 7) is 2.16. The molecule has 0 bridgehead atoms. The smallest absolute Gasteiger partial charge is 0.00633 e. The van der Waals surface area contributed by atoms with Crippen LogP contribution in [0.2, 0.25) is 0 Å². The standard InChI is InChI=1S/C18H28S/c1-2-3-4-5-6-7-8-9-10-11-12-13-14-15-16-17-18-19/h3-4,6-7,9-10,12-13,15-16,19H,2,5,8,11,14,17-18H2,1H3. The van der Waals surface area contributed by atoms with Crippen LogP contribution >= 0.6 is 12.6 Å². The molecule has 0 amide bonds. The van der Waals surface area contributed by atoms with Crippen LogP contribution in [0.5, 0.6) is 0 Å². The molecule has 0 unspecified atom stereocenters. The summed E-state index contributed by atoms with van der Waals surface area (Å²) in [5.41, 5.74) is 0. The van der Waals surface area contributed by atoms with E-state index in [-0.39, 0.29) is 0 Å². The number of thiol groups is 1. The summed E-state index contributed by atoms with van der Waals surface area (Å²) in [5.74, 6) is 0.935. The zero-order chi connectivity index (χ0) is 14.0. The molecular formula is C18H28S. The number of hydrogen-bond donors (Lipinski definition) is 1. The van der Waals surface area contributed by atoms with Crippen LogP contribution in [-0.4, -0.2) is 5.75 Å². The van der Waals surface area contributed by atoms with Crippen LogP contribution in [0.4, 0.5) is 0 Å². The third-order valence-electron chi connectivity index (χ3n) is 2.45. The van der Waals surface area contributed by atoms with Gasteiger partial charge in [0.25, 0.3) is 0 Å². The van der Waals surface area contributed by atoms with Gasteiger partial charge in [-0.2, -0.15) is 12.6 Å². The highest BCUT2D eigenvalue weighted by atomic mass is 32.1. The lowest BCUT2D eigenvalue weighted by atomic mass is 10.2. The maximum absolute atomic E-state index is 4.16. The van der Waals surface area contributed by atoms with Crippen molar-refractivity contribution in [2.75, 3.05) is 5.75 Å². The largest absolute Gasteiger partial charge is 0.179 e. The summed E-state index contributed by atoms with van der Waals surface area (Å²) in [7, 11) is 0. The van der Waals surface area contributed by atoms with Crippen LogP contribution in [0, 0.1) is 0 Å². The Bertz CT molecular complexity index is 306. The average molecular weight is 276 g/mol. The van der Waals surface area contributed by atoms with Crippen molar-refractivity contribution in [3.8, 4) is 0 Å². The summed E-state index contributed by atoms with van der Waals surface area (Å²) in [4.78, 5) is 0. The third-order valence-corrected chi connectivity index (χ3v) is 2.71. The van der Waals surface area contributed by atoms with Gasteiger partial charge in [-0.05, 0) is 44.3 Å². The molecule has 106 valence electrons. The molecular weight excluding hydrogens is 248 g/mol. The van der Waals surface area contributed by atoms with Crippen LogP contribution in [-0.2, 0) is 0 Å². The first-order valence-corrected chi connectivity index (χ1v) is 7.90. The minimum atomic E-state index is 0.935. The molecule has 0 aliphatic rings. The fourth-order valence-electron chi connectivity index (χ4n) is 1.44. The molecule has 0 aromatic carbocycles. The molecule has 0 N–H and O–H groups in total. The van der Waals surface area contributed by atoms with E-state index in [0.717, 1.165) is 44.3 Å². The Hall–Kier alpha value is -0.950. The summed E-state index contributed by atoms with van der Waals surface area (Å²) in [5, 5.41) is 0. The molecule has 0 radical (unpaired) electrons. The van der Waals surface area contributed by atoms with Crippen molar-refractivity contribution in [1.82, 2.24) is 0 Å². The van der Waals surface area contributed by atoms with E-state index >= 15 is 0 Å². The average Bonchev–Trinajstić information content (AvgIpc) is 2.43. The predicted molar refractivity (Wildman–Crippen MR) is 92.9 cm³/mol. The minimum Gasteiger partial charge on any atom is -0.179 e. The fraction of sp³-hybridized carbons (Fsp3) is 0.444. The Morgan fingerprint density at radius 1 is 0.579 bits per heavy atom. The topological polar surface area (TPSA) is 0 Å². The van der Waals surface area contributed by atoms with Gasteiger partial charge in [-0.3, -0.25) is 0 Å². The van der Waals surface area contributed by atoms with Gasteiger partial charge < -0.3 is 0 Å². The third kappa shape index (κ3) is 17.1. The Kier molecular flexibility index (Phi) is 16.2. The van der Waals surface area contributed by atoms with Crippen LogP contribution < -0.4 is 0 Å². The van der Waals surface area contributed by atoms with E-state index in [2.05, 4.69) is 80.3 Å². The molecule has 0 heterocycles. The van der Waals surface area contributed by atoms with Crippen molar-refractivity contribution in [3.05, 3.63) is 60.8 Å². The lowest BCUT2D eigenvalue weighted by Gasteiger charge is -1.85. The maximum Gasteiger partial charge on any atom is -0.00633 e. The molecule has 0 aliphatic heterocycles. The van der Waals surface area contributed by atoms with E-state index < -0.39 is 0 Å². The van der Waals surface area contributed by atoms with Crippen molar-refractivity contribution >= 4 is 12.6 Å². The van der Waals surface area contributed by atoms with Gasteiger partial charge in [-0.15, -0.1) is 0 Å². The highest BCUT2D eigenvalue weighted by Crippen LogP contribution is 1.96. The molecule has 0 nitrogen and oxygen atoms in total. The monoisotopic (exact) mass is 276 g/mol. The van der Waals surface area contributed by atoms with E-state index in [9.17, 15) is 0 Å². The Morgan fingerprint density at radius 3 is 1.32 bits per heavy atom. The van der Waals surface area contributed by atoms with Crippen LogP contribution in [0.3, 0.4) is 0 Å². The van der Waals surface area contributed by atoms with Gasteiger partial charge in [0, 0.05) is 0 Å². The zero-order valence-corrected chi connectivity index (χ0v) is 13.1. The van der Waals surface area contributed by atoms with Gasteiger partial charge in [0.05, 0.1) is 0 Å². The normalized spacial score (nSPS) is 13.2. The second-order valence-electron chi connectivity index (χ2n) is 4.22. The molecule has 19 heavy (non-hydrogen) atoms. The van der Waals surface area contributed by atoms with Crippen molar-refractivity contribution in [3.63, 3.8) is 0 Å². The first-order chi connectivity index (χ1) is 9.41. The summed E-state index contributed by atoms with van der Waals surface area (Å²) in [6.07, 6.45) is 28.5. The second-order valence-corrected chi connectivity index (χ2v) is 4.67. The fourth-order valence-corrected chi connectivity index (χ4v) is 1.59. The van der Waals surface area contributed by atoms with Crippen LogP contribution in [0.1, 0.15) is 45.4 Å². The molecule has 0 rings (SSSR count). The number of hydrogen-bond acceptors (Lipinski definition) is 1. The molecule has 0 saturated carbocycles. The van der Waals surface area contributed by atoms with Crippen LogP contribution in [0.25, 0.3) is 0 Å². The van der Waals surface area contributed by atoms with Gasteiger partial charge in [0.1, 0.15) is 0 Å². The first-order valence-electron chi connectivity index (χ1n) is 7.27. The zero-order valence-electron chi connectivity index (χ0n) is 12.2. The van der Waals surface area contributed by atoms with Crippen LogP contribution in [0.15, 0.2) is 60.8 Å². The highest BCUT2D eigenvalue weighted by Gasteiger charge is 1.75. The minimum absolute atomic E-state index is 0.935. The number of allylic oxidation sites excluding steroid dienone is 10. The van der Waals surface area contributed by atoms with E-state index in [4.69, 9.17) is 0 Å². The summed E-state index contributed by atoms with van der Waals surface area (Å²) >= 11 is 4.16. The molecule has 0 spiro atoms. The van der Waals surface area contributed by atoms with E-state index in [1.54, 1.807) is 0 Å². The second kappa shape index (κ2) is 17.1. The molecule has 0 aromatic rings. The Morgan fingerprint density at radius 2 is 0.947 bits per heavy atom. The van der Waals surface area contributed by atoms with Crippen molar-refractivity contribution in [2.45, 2.75) is 45.4 Å². The van der Waals surface area contributed by atoms with Gasteiger partial charge in [0.15, 0.2) is 0 Å². The molecule has 1 heteroatoms. The molecule has 0 atom stereocenters. The predicted octanol–water partition coefficient (Wildman–Crippen LogP) is 6.06. The van der Waals surface area contributed by atoms with Gasteiger partial charge in [-0.25, -0.2) is 0 Å². The van der Waals surface area contributed by atoms with Crippen molar-refractivity contribution < 1.29 is 0 Å². The number of rotatable bonds is 11. The van der Waals surface area contributed by atoms with E-state index in [0.29, 0.717) is 0 Å².